The first-order valence-corrected chi connectivity index (χ1v) is 8.66. The minimum absolute atomic E-state index is 0.524. The Hall–Kier alpha value is -0.690. The second kappa shape index (κ2) is 8.08. The van der Waals surface area contributed by atoms with Crippen molar-refractivity contribution in [2.24, 2.45) is 0 Å². The highest BCUT2D eigenvalue weighted by Crippen LogP contribution is 2.23. The number of piperazine rings is 1. The molecular formula is C15H29N5S. The van der Waals surface area contributed by atoms with Crippen LogP contribution in [0.25, 0.3) is 0 Å². The van der Waals surface area contributed by atoms with Crippen molar-refractivity contribution in [2.75, 3.05) is 58.3 Å². The van der Waals surface area contributed by atoms with E-state index in [1.807, 2.05) is 17.5 Å². The molecule has 1 saturated heterocycles. The molecule has 1 fully saturated rings. The molecule has 0 spiro atoms. The van der Waals surface area contributed by atoms with Gasteiger partial charge >= 0.3 is 0 Å². The molecule has 5 nitrogen and oxygen atoms in total. The standard InChI is InChI=1S/C15H29N5S/c1-13(2)16-11-14-12-17-15(21-14)20-9-7-19(8-10-20)6-5-18(3)4/h12-13,16H,5-11H2,1-4H3. The summed E-state index contributed by atoms with van der Waals surface area (Å²) in [6.07, 6.45) is 2.02. The summed E-state index contributed by atoms with van der Waals surface area (Å²) in [5.41, 5.74) is 0. The van der Waals surface area contributed by atoms with Crippen LogP contribution < -0.4 is 10.2 Å². The predicted octanol–water partition coefficient (Wildman–Crippen LogP) is 1.32. The van der Waals surface area contributed by atoms with Crippen LogP contribution in [0.1, 0.15) is 18.7 Å². The van der Waals surface area contributed by atoms with Crippen LogP contribution in [0.15, 0.2) is 6.20 Å². The number of anilines is 1. The zero-order valence-electron chi connectivity index (χ0n) is 13.8. The number of hydrogen-bond donors (Lipinski definition) is 1. The van der Waals surface area contributed by atoms with E-state index in [0.29, 0.717) is 6.04 Å². The summed E-state index contributed by atoms with van der Waals surface area (Å²) in [5, 5.41) is 4.63. The Morgan fingerprint density at radius 2 is 2.00 bits per heavy atom. The fourth-order valence-corrected chi connectivity index (χ4v) is 3.25. The third kappa shape index (κ3) is 5.54. The van der Waals surface area contributed by atoms with Gasteiger partial charge < -0.3 is 15.1 Å². The van der Waals surface area contributed by atoms with Gasteiger partial charge in [-0.3, -0.25) is 4.90 Å². The molecule has 2 rings (SSSR count). The van der Waals surface area contributed by atoms with Crippen molar-refractivity contribution in [3.8, 4) is 0 Å². The molecule has 0 saturated carbocycles. The number of likely N-dealkylation sites (N-methyl/N-ethyl adjacent to an activating group) is 1. The van der Waals surface area contributed by atoms with Gasteiger partial charge in [-0.05, 0) is 14.1 Å². The first kappa shape index (κ1) is 16.7. The predicted molar refractivity (Wildman–Crippen MR) is 91.3 cm³/mol. The maximum absolute atomic E-state index is 4.59. The van der Waals surface area contributed by atoms with Gasteiger partial charge in [0.2, 0.25) is 0 Å². The Morgan fingerprint density at radius 3 is 2.62 bits per heavy atom. The largest absolute Gasteiger partial charge is 0.346 e. The zero-order valence-corrected chi connectivity index (χ0v) is 14.6. The topological polar surface area (TPSA) is 34.6 Å². The van der Waals surface area contributed by atoms with Crippen LogP contribution in [0.5, 0.6) is 0 Å². The highest BCUT2D eigenvalue weighted by molar-refractivity contribution is 7.15. The molecule has 21 heavy (non-hydrogen) atoms. The molecule has 0 amide bonds. The molecular weight excluding hydrogens is 282 g/mol. The quantitative estimate of drug-likeness (QED) is 0.822. The minimum atomic E-state index is 0.524. The van der Waals surface area contributed by atoms with E-state index >= 15 is 0 Å². The van der Waals surface area contributed by atoms with Crippen LogP contribution in [0.2, 0.25) is 0 Å². The minimum Gasteiger partial charge on any atom is -0.346 e. The third-order valence-electron chi connectivity index (χ3n) is 3.73. The molecule has 1 aliphatic heterocycles. The number of aromatic nitrogens is 1. The van der Waals surface area contributed by atoms with Gasteiger partial charge in [0.25, 0.3) is 0 Å². The van der Waals surface area contributed by atoms with Crippen LogP contribution in [-0.4, -0.2) is 74.2 Å². The summed E-state index contributed by atoms with van der Waals surface area (Å²) in [6, 6.07) is 0.524. The second-order valence-electron chi connectivity index (χ2n) is 6.28. The molecule has 120 valence electrons. The molecule has 0 aromatic carbocycles. The molecule has 1 N–H and O–H groups in total. The van der Waals surface area contributed by atoms with Crippen molar-refractivity contribution in [3.05, 3.63) is 11.1 Å². The molecule has 6 heteroatoms. The maximum atomic E-state index is 4.59. The molecule has 1 aromatic heterocycles. The molecule has 0 unspecified atom stereocenters. The number of thiazole rings is 1. The lowest BCUT2D eigenvalue weighted by Crippen LogP contribution is -2.48. The lowest BCUT2D eigenvalue weighted by Gasteiger charge is -2.35. The number of rotatable bonds is 7. The van der Waals surface area contributed by atoms with Crippen molar-refractivity contribution < 1.29 is 0 Å². The zero-order chi connectivity index (χ0) is 15.2. The summed E-state index contributed by atoms with van der Waals surface area (Å²) < 4.78 is 0. The molecule has 0 bridgehead atoms. The van der Waals surface area contributed by atoms with Gasteiger partial charge in [0.15, 0.2) is 5.13 Å². The van der Waals surface area contributed by atoms with Crippen LogP contribution in [0, 0.1) is 0 Å². The SMILES string of the molecule is CC(C)NCc1cnc(N2CCN(CCN(C)C)CC2)s1. The van der Waals surface area contributed by atoms with Gasteiger partial charge in [0.05, 0.1) is 0 Å². The first-order valence-electron chi connectivity index (χ1n) is 7.84. The van der Waals surface area contributed by atoms with E-state index in [-0.39, 0.29) is 0 Å². The van der Waals surface area contributed by atoms with E-state index in [2.05, 4.69) is 52.9 Å². The lowest BCUT2D eigenvalue weighted by atomic mass is 10.3. The van der Waals surface area contributed by atoms with Crippen LogP contribution in [-0.2, 0) is 6.54 Å². The van der Waals surface area contributed by atoms with E-state index in [4.69, 9.17) is 0 Å². The maximum Gasteiger partial charge on any atom is 0.185 e. The number of nitrogens with one attached hydrogen (secondary N) is 1. The monoisotopic (exact) mass is 311 g/mol. The van der Waals surface area contributed by atoms with Crippen molar-refractivity contribution in [2.45, 2.75) is 26.4 Å². The van der Waals surface area contributed by atoms with Gasteiger partial charge in [0, 0.05) is 62.9 Å². The van der Waals surface area contributed by atoms with Gasteiger partial charge in [-0.15, -0.1) is 11.3 Å². The smallest absolute Gasteiger partial charge is 0.185 e. The van der Waals surface area contributed by atoms with Crippen molar-refractivity contribution in [3.63, 3.8) is 0 Å². The summed E-state index contributed by atoms with van der Waals surface area (Å²) >= 11 is 1.83. The lowest BCUT2D eigenvalue weighted by molar-refractivity contribution is 0.229. The van der Waals surface area contributed by atoms with Crippen molar-refractivity contribution >= 4 is 16.5 Å². The van der Waals surface area contributed by atoms with E-state index in [1.165, 1.54) is 16.6 Å². The Kier molecular flexibility index (Phi) is 6.41. The van der Waals surface area contributed by atoms with Crippen LogP contribution >= 0.6 is 11.3 Å². The van der Waals surface area contributed by atoms with Crippen LogP contribution in [0.4, 0.5) is 5.13 Å². The third-order valence-corrected chi connectivity index (χ3v) is 4.79. The average Bonchev–Trinajstić information content (AvgIpc) is 2.92. The summed E-state index contributed by atoms with van der Waals surface area (Å²) in [5.74, 6) is 0. The van der Waals surface area contributed by atoms with Gasteiger partial charge in [-0.1, -0.05) is 13.8 Å². The molecule has 1 aromatic rings. The van der Waals surface area contributed by atoms with Gasteiger partial charge in [-0.2, -0.15) is 0 Å². The first-order chi connectivity index (χ1) is 10.0. The van der Waals surface area contributed by atoms with E-state index in [9.17, 15) is 0 Å². The van der Waals surface area contributed by atoms with E-state index in [0.717, 1.165) is 39.3 Å². The second-order valence-corrected chi connectivity index (χ2v) is 7.37. The van der Waals surface area contributed by atoms with Crippen molar-refractivity contribution in [1.29, 1.82) is 0 Å². The Morgan fingerprint density at radius 1 is 1.29 bits per heavy atom. The van der Waals surface area contributed by atoms with E-state index in [1.54, 1.807) is 0 Å². The van der Waals surface area contributed by atoms with E-state index < -0.39 is 0 Å². The Bertz CT molecular complexity index is 410. The van der Waals surface area contributed by atoms with Gasteiger partial charge in [0.1, 0.15) is 0 Å². The number of hydrogen-bond acceptors (Lipinski definition) is 6. The fraction of sp³-hybridized carbons (Fsp3) is 0.800. The number of nitrogens with zero attached hydrogens (tertiary/aromatic N) is 4. The summed E-state index contributed by atoms with van der Waals surface area (Å²) in [6.45, 7) is 12.1. The highest BCUT2D eigenvalue weighted by atomic mass is 32.1. The van der Waals surface area contributed by atoms with Crippen molar-refractivity contribution in [1.82, 2.24) is 20.1 Å². The summed E-state index contributed by atoms with van der Waals surface area (Å²) in [7, 11) is 4.27. The Balaban J connectivity index is 1.77. The average molecular weight is 311 g/mol. The highest BCUT2D eigenvalue weighted by Gasteiger charge is 2.19. The van der Waals surface area contributed by atoms with Crippen LogP contribution in [0.3, 0.4) is 0 Å². The molecule has 0 atom stereocenters. The molecule has 0 aliphatic carbocycles. The normalized spacial score (nSPS) is 17.1. The molecule has 1 aliphatic rings. The molecule has 0 radical (unpaired) electrons. The Labute approximate surface area is 132 Å². The van der Waals surface area contributed by atoms with Gasteiger partial charge in [-0.25, -0.2) is 4.98 Å². The molecule has 2 heterocycles. The summed E-state index contributed by atoms with van der Waals surface area (Å²) in [4.78, 5) is 13.1. The fourth-order valence-electron chi connectivity index (χ4n) is 2.33.